The Morgan fingerprint density at radius 1 is 1.19 bits per heavy atom. The number of aromatic nitrogens is 2. The van der Waals surface area contributed by atoms with Gasteiger partial charge in [0.25, 0.3) is 0 Å². The lowest BCUT2D eigenvalue weighted by Gasteiger charge is -2.09. The molecule has 0 saturated heterocycles. The van der Waals surface area contributed by atoms with Crippen molar-refractivity contribution in [1.82, 2.24) is 9.55 Å². The Morgan fingerprint density at radius 2 is 2.00 bits per heavy atom. The summed E-state index contributed by atoms with van der Waals surface area (Å²) < 4.78 is 2.13. The molecule has 0 spiro atoms. The van der Waals surface area contributed by atoms with Gasteiger partial charge in [0.2, 0.25) is 0 Å². The highest BCUT2D eigenvalue weighted by Crippen LogP contribution is 2.32. The molecule has 0 bridgehead atoms. The van der Waals surface area contributed by atoms with E-state index in [9.17, 15) is 0 Å². The quantitative estimate of drug-likeness (QED) is 0.690. The van der Waals surface area contributed by atoms with Crippen LogP contribution in [0.1, 0.15) is 13.3 Å². The molecule has 5 heteroatoms. The zero-order chi connectivity index (χ0) is 15.0. The monoisotopic (exact) mass is 319 g/mol. The normalized spacial score (nSPS) is 11.2. The van der Waals surface area contributed by atoms with E-state index >= 15 is 0 Å². The van der Waals surface area contributed by atoms with E-state index < -0.39 is 0 Å². The molecule has 21 heavy (non-hydrogen) atoms. The van der Waals surface area contributed by atoms with Crippen molar-refractivity contribution in [3.63, 3.8) is 0 Å². The number of nitrogens with zero attached hydrogens (tertiary/aromatic N) is 2. The van der Waals surface area contributed by atoms with Gasteiger partial charge in [0.15, 0.2) is 0 Å². The molecule has 0 atom stereocenters. The summed E-state index contributed by atoms with van der Waals surface area (Å²) in [6.07, 6.45) is 0.986. The van der Waals surface area contributed by atoms with E-state index in [-0.39, 0.29) is 0 Å². The molecule has 0 saturated carbocycles. The fraction of sp³-hybridized carbons (Fsp3) is 0.188. The van der Waals surface area contributed by atoms with E-state index in [1.54, 1.807) is 6.07 Å². The van der Waals surface area contributed by atoms with Crippen LogP contribution in [0.15, 0.2) is 36.4 Å². The fourth-order valence-corrected chi connectivity index (χ4v) is 3.06. The molecule has 3 rings (SSSR count). The second kappa shape index (κ2) is 5.58. The number of para-hydroxylation sites is 1. The van der Waals surface area contributed by atoms with Crippen molar-refractivity contribution in [3.05, 3.63) is 46.4 Å². The van der Waals surface area contributed by atoms with Gasteiger partial charge < -0.3 is 10.3 Å². The van der Waals surface area contributed by atoms with E-state index in [0.29, 0.717) is 15.7 Å². The van der Waals surface area contributed by atoms with Gasteiger partial charge in [-0.1, -0.05) is 36.2 Å². The number of aryl methyl sites for hydroxylation is 1. The highest BCUT2D eigenvalue weighted by molar-refractivity contribution is 6.35. The van der Waals surface area contributed by atoms with Crippen molar-refractivity contribution < 1.29 is 0 Å². The number of nitrogens with two attached hydrogens (primary N) is 1. The molecule has 3 aromatic rings. The lowest BCUT2D eigenvalue weighted by atomic mass is 10.2. The highest BCUT2D eigenvalue weighted by Gasteiger charge is 2.15. The maximum atomic E-state index is 6.35. The molecule has 0 aliphatic carbocycles. The first-order valence-electron chi connectivity index (χ1n) is 6.81. The number of halogens is 2. The van der Waals surface area contributed by atoms with Gasteiger partial charge >= 0.3 is 0 Å². The second-order valence-corrected chi connectivity index (χ2v) is 5.81. The van der Waals surface area contributed by atoms with Gasteiger partial charge in [-0.2, -0.15) is 0 Å². The van der Waals surface area contributed by atoms with Crippen molar-refractivity contribution in [1.29, 1.82) is 0 Å². The van der Waals surface area contributed by atoms with E-state index in [4.69, 9.17) is 33.9 Å². The molecule has 3 nitrogen and oxygen atoms in total. The Labute approximate surface area is 133 Å². The molecule has 0 amide bonds. The third-order valence-corrected chi connectivity index (χ3v) is 3.87. The number of fused-ring (bicyclic) bond motifs is 1. The smallest absolute Gasteiger partial charge is 0.141 e. The van der Waals surface area contributed by atoms with Crippen LogP contribution in [-0.2, 0) is 6.54 Å². The SMILES string of the molecule is CCCn1c(-c2cc(N)cc(Cl)c2)nc2cccc(Cl)c21. The van der Waals surface area contributed by atoms with Crippen LogP contribution in [0, 0.1) is 0 Å². The number of hydrogen-bond acceptors (Lipinski definition) is 2. The average Bonchev–Trinajstić information content (AvgIpc) is 2.78. The van der Waals surface area contributed by atoms with Crippen molar-refractivity contribution in [2.45, 2.75) is 19.9 Å². The zero-order valence-corrected chi connectivity index (χ0v) is 13.1. The standard InChI is InChI=1S/C16H15Cl2N3/c1-2-6-21-15-13(18)4-3-5-14(15)20-16(21)10-7-11(17)9-12(19)8-10/h3-5,7-9H,2,6,19H2,1H3. The number of rotatable bonds is 3. The van der Waals surface area contributed by atoms with Gasteiger partial charge in [-0.3, -0.25) is 0 Å². The van der Waals surface area contributed by atoms with E-state index in [1.165, 1.54) is 0 Å². The molecule has 0 aliphatic heterocycles. The molecule has 2 N–H and O–H groups in total. The minimum Gasteiger partial charge on any atom is -0.399 e. The maximum Gasteiger partial charge on any atom is 0.141 e. The second-order valence-electron chi connectivity index (χ2n) is 4.97. The van der Waals surface area contributed by atoms with Crippen LogP contribution < -0.4 is 5.73 Å². The summed E-state index contributed by atoms with van der Waals surface area (Å²) in [6.45, 7) is 2.96. The van der Waals surface area contributed by atoms with Gasteiger partial charge in [-0.15, -0.1) is 0 Å². The largest absolute Gasteiger partial charge is 0.399 e. The number of hydrogen-bond donors (Lipinski definition) is 1. The van der Waals surface area contributed by atoms with E-state index in [0.717, 1.165) is 35.4 Å². The summed E-state index contributed by atoms with van der Waals surface area (Å²) in [4.78, 5) is 4.71. The minimum atomic E-state index is 0.603. The van der Waals surface area contributed by atoms with Crippen LogP contribution in [-0.4, -0.2) is 9.55 Å². The van der Waals surface area contributed by atoms with Crippen molar-refractivity contribution >= 4 is 39.9 Å². The molecule has 0 fully saturated rings. The molecule has 2 aromatic carbocycles. The Hall–Kier alpha value is -1.71. The predicted octanol–water partition coefficient (Wildman–Crippen LogP) is 5.00. The zero-order valence-electron chi connectivity index (χ0n) is 11.6. The molecule has 0 radical (unpaired) electrons. The highest BCUT2D eigenvalue weighted by atomic mass is 35.5. The average molecular weight is 320 g/mol. The topological polar surface area (TPSA) is 43.8 Å². The summed E-state index contributed by atoms with van der Waals surface area (Å²) in [6, 6.07) is 11.2. The molecule has 0 unspecified atom stereocenters. The Balaban J connectivity index is 2.31. The Kier molecular flexibility index (Phi) is 3.79. The first-order valence-corrected chi connectivity index (χ1v) is 7.57. The summed E-state index contributed by atoms with van der Waals surface area (Å²) >= 11 is 12.5. The molecular formula is C16H15Cl2N3. The fourth-order valence-electron chi connectivity index (χ4n) is 2.54. The molecule has 1 heterocycles. The minimum absolute atomic E-state index is 0.603. The molecule has 108 valence electrons. The Bertz CT molecular complexity index is 788. The summed E-state index contributed by atoms with van der Waals surface area (Å²) in [5.74, 6) is 0.842. The van der Waals surface area contributed by atoms with Crippen LogP contribution in [0.2, 0.25) is 10.0 Å². The lowest BCUT2D eigenvalue weighted by molar-refractivity contribution is 0.704. The van der Waals surface area contributed by atoms with Gasteiger partial charge in [-0.05, 0) is 36.8 Å². The number of benzene rings is 2. The molecule has 0 aliphatic rings. The number of imidazole rings is 1. The summed E-state index contributed by atoms with van der Waals surface area (Å²) in [7, 11) is 0. The third-order valence-electron chi connectivity index (χ3n) is 3.34. The molecular weight excluding hydrogens is 305 g/mol. The maximum absolute atomic E-state index is 6.35. The third kappa shape index (κ3) is 2.59. The van der Waals surface area contributed by atoms with Gasteiger partial charge in [0, 0.05) is 22.8 Å². The van der Waals surface area contributed by atoms with Crippen molar-refractivity contribution in [3.8, 4) is 11.4 Å². The van der Waals surface area contributed by atoms with Crippen LogP contribution in [0.25, 0.3) is 22.4 Å². The van der Waals surface area contributed by atoms with Crippen LogP contribution in [0.4, 0.5) is 5.69 Å². The predicted molar refractivity (Wildman–Crippen MR) is 89.9 cm³/mol. The first kappa shape index (κ1) is 14.2. The van der Waals surface area contributed by atoms with E-state index in [1.807, 2.05) is 30.3 Å². The first-order chi connectivity index (χ1) is 10.1. The summed E-state index contributed by atoms with van der Waals surface area (Å²) in [5, 5.41) is 1.31. The lowest BCUT2D eigenvalue weighted by Crippen LogP contribution is -2.00. The van der Waals surface area contributed by atoms with Crippen LogP contribution in [0.3, 0.4) is 0 Å². The van der Waals surface area contributed by atoms with Gasteiger partial charge in [-0.25, -0.2) is 4.98 Å². The number of anilines is 1. The summed E-state index contributed by atoms with van der Waals surface area (Å²) in [5.41, 5.74) is 9.26. The Morgan fingerprint density at radius 3 is 2.71 bits per heavy atom. The van der Waals surface area contributed by atoms with Crippen molar-refractivity contribution in [2.75, 3.05) is 5.73 Å². The number of nitrogen functional groups attached to an aromatic ring is 1. The van der Waals surface area contributed by atoms with Gasteiger partial charge in [0.05, 0.1) is 16.1 Å². The van der Waals surface area contributed by atoms with E-state index in [2.05, 4.69) is 11.5 Å². The van der Waals surface area contributed by atoms with Gasteiger partial charge in [0.1, 0.15) is 5.82 Å². The molecule has 1 aromatic heterocycles. The van der Waals surface area contributed by atoms with Crippen LogP contribution in [0.5, 0.6) is 0 Å². The van der Waals surface area contributed by atoms with Crippen molar-refractivity contribution in [2.24, 2.45) is 0 Å². The van der Waals surface area contributed by atoms with Crippen LogP contribution >= 0.6 is 23.2 Å².